The van der Waals surface area contributed by atoms with E-state index in [1.165, 1.54) is 27.8 Å². The van der Waals surface area contributed by atoms with Crippen LogP contribution in [0, 0.1) is 13.8 Å². The summed E-state index contributed by atoms with van der Waals surface area (Å²) in [7, 11) is 0. The summed E-state index contributed by atoms with van der Waals surface area (Å²) in [4.78, 5) is 0. The predicted octanol–water partition coefficient (Wildman–Crippen LogP) is 3.98. The molecule has 0 radical (unpaired) electrons. The number of hydrazine groups is 1. The molecule has 2 rings (SSSR count). The van der Waals surface area contributed by atoms with Crippen LogP contribution in [0.25, 0.3) is 0 Å². The van der Waals surface area contributed by atoms with Gasteiger partial charge in [-0.1, -0.05) is 61.9 Å². The van der Waals surface area contributed by atoms with Crippen molar-refractivity contribution in [3.8, 4) is 0 Å². The maximum atomic E-state index is 5.80. The maximum Gasteiger partial charge on any atom is 0.0712 e. The van der Waals surface area contributed by atoms with Crippen molar-refractivity contribution in [1.29, 1.82) is 0 Å². The number of hydrogen-bond acceptors (Lipinski definition) is 2. The normalized spacial score (nSPS) is 12.7. The zero-order valence-corrected chi connectivity index (χ0v) is 12.8. The average Bonchev–Trinajstić information content (AvgIpc) is 2.44. The molecule has 0 spiro atoms. The molecule has 0 bridgehead atoms. The Hall–Kier alpha value is -1.64. The van der Waals surface area contributed by atoms with Crippen molar-refractivity contribution in [2.75, 3.05) is 0 Å². The summed E-state index contributed by atoms with van der Waals surface area (Å²) in [5.74, 6) is 6.35. The molecule has 0 heterocycles. The van der Waals surface area contributed by atoms with Crippen LogP contribution in [-0.4, -0.2) is 0 Å². The third kappa shape index (κ3) is 3.09. The molecular formula is C18H24N2. The predicted molar refractivity (Wildman–Crippen MR) is 85.6 cm³/mol. The summed E-state index contributed by atoms with van der Waals surface area (Å²) in [6, 6.07) is 15.2. The van der Waals surface area contributed by atoms with Crippen LogP contribution in [0.2, 0.25) is 0 Å². The van der Waals surface area contributed by atoms with E-state index in [2.05, 4.69) is 75.6 Å². The highest BCUT2D eigenvalue weighted by Gasteiger charge is 2.15. The fourth-order valence-electron chi connectivity index (χ4n) is 2.51. The third-order valence-corrected chi connectivity index (χ3v) is 3.85. The van der Waals surface area contributed by atoms with Gasteiger partial charge in [0.1, 0.15) is 0 Å². The SMILES string of the molecule is Cc1ccc(C)c(C(NN)c2ccc(C(C)C)cc2)c1. The second-order valence-corrected chi connectivity index (χ2v) is 5.78. The summed E-state index contributed by atoms with van der Waals surface area (Å²) < 4.78 is 0. The number of benzene rings is 2. The van der Waals surface area contributed by atoms with Crippen molar-refractivity contribution in [3.63, 3.8) is 0 Å². The molecule has 0 aliphatic carbocycles. The van der Waals surface area contributed by atoms with Gasteiger partial charge in [-0.05, 0) is 42.0 Å². The second kappa shape index (κ2) is 6.21. The van der Waals surface area contributed by atoms with Crippen LogP contribution in [0.1, 0.15) is 53.6 Å². The van der Waals surface area contributed by atoms with E-state index in [4.69, 9.17) is 5.84 Å². The first-order valence-corrected chi connectivity index (χ1v) is 7.16. The zero-order valence-electron chi connectivity index (χ0n) is 12.8. The first kappa shape index (κ1) is 14.8. The minimum Gasteiger partial charge on any atom is -0.271 e. The van der Waals surface area contributed by atoms with Crippen LogP contribution in [0.3, 0.4) is 0 Å². The van der Waals surface area contributed by atoms with Crippen LogP contribution < -0.4 is 11.3 Å². The highest BCUT2D eigenvalue weighted by Crippen LogP contribution is 2.26. The van der Waals surface area contributed by atoms with Crippen molar-refractivity contribution >= 4 is 0 Å². The molecule has 0 fully saturated rings. The second-order valence-electron chi connectivity index (χ2n) is 5.78. The highest BCUT2D eigenvalue weighted by molar-refractivity contribution is 5.40. The van der Waals surface area contributed by atoms with Crippen LogP contribution in [-0.2, 0) is 0 Å². The summed E-state index contributed by atoms with van der Waals surface area (Å²) in [6.45, 7) is 8.65. The van der Waals surface area contributed by atoms with Crippen molar-refractivity contribution in [2.45, 2.75) is 39.7 Å². The van der Waals surface area contributed by atoms with E-state index in [-0.39, 0.29) is 6.04 Å². The van der Waals surface area contributed by atoms with E-state index in [0.29, 0.717) is 5.92 Å². The topological polar surface area (TPSA) is 38.0 Å². The lowest BCUT2D eigenvalue weighted by Gasteiger charge is -2.20. The Morgan fingerprint density at radius 1 is 0.900 bits per heavy atom. The Labute approximate surface area is 122 Å². The quantitative estimate of drug-likeness (QED) is 0.650. The smallest absolute Gasteiger partial charge is 0.0712 e. The number of nitrogens with one attached hydrogen (secondary N) is 1. The molecule has 0 aromatic heterocycles. The van der Waals surface area contributed by atoms with Gasteiger partial charge in [0.2, 0.25) is 0 Å². The van der Waals surface area contributed by atoms with Crippen molar-refractivity contribution in [1.82, 2.24) is 5.43 Å². The third-order valence-electron chi connectivity index (χ3n) is 3.85. The van der Waals surface area contributed by atoms with Gasteiger partial charge in [0.25, 0.3) is 0 Å². The molecule has 3 N–H and O–H groups in total. The molecule has 0 saturated heterocycles. The molecule has 2 nitrogen and oxygen atoms in total. The van der Waals surface area contributed by atoms with Gasteiger partial charge in [-0.2, -0.15) is 0 Å². The van der Waals surface area contributed by atoms with E-state index in [1.807, 2.05) is 0 Å². The molecule has 20 heavy (non-hydrogen) atoms. The van der Waals surface area contributed by atoms with Gasteiger partial charge in [0.15, 0.2) is 0 Å². The lowest BCUT2D eigenvalue weighted by atomic mass is 9.92. The van der Waals surface area contributed by atoms with Crippen LogP contribution in [0.15, 0.2) is 42.5 Å². The highest BCUT2D eigenvalue weighted by atomic mass is 15.2. The Bertz CT molecular complexity index is 570. The standard InChI is InChI=1S/C18H24N2/c1-12(2)15-7-9-16(10-8-15)18(20-19)17-11-13(3)5-6-14(17)4/h5-12,18,20H,19H2,1-4H3. The van der Waals surface area contributed by atoms with Gasteiger partial charge >= 0.3 is 0 Å². The maximum absolute atomic E-state index is 5.80. The molecule has 2 heteroatoms. The van der Waals surface area contributed by atoms with E-state index >= 15 is 0 Å². The largest absolute Gasteiger partial charge is 0.271 e. The Balaban J connectivity index is 2.39. The van der Waals surface area contributed by atoms with E-state index in [0.717, 1.165) is 0 Å². The molecule has 2 aromatic carbocycles. The molecule has 0 amide bonds. The van der Waals surface area contributed by atoms with Gasteiger partial charge in [-0.3, -0.25) is 5.84 Å². The van der Waals surface area contributed by atoms with Crippen molar-refractivity contribution in [3.05, 3.63) is 70.3 Å². The van der Waals surface area contributed by atoms with Crippen molar-refractivity contribution < 1.29 is 0 Å². The molecule has 1 unspecified atom stereocenters. The van der Waals surface area contributed by atoms with E-state index in [1.54, 1.807) is 0 Å². The summed E-state index contributed by atoms with van der Waals surface area (Å²) in [5.41, 5.74) is 9.25. The Kier molecular flexibility index (Phi) is 4.58. The molecule has 1 atom stereocenters. The molecule has 106 valence electrons. The minimum absolute atomic E-state index is 0.0381. The molecule has 0 aliphatic heterocycles. The number of rotatable bonds is 4. The van der Waals surface area contributed by atoms with Gasteiger partial charge in [0, 0.05) is 0 Å². The van der Waals surface area contributed by atoms with Gasteiger partial charge < -0.3 is 0 Å². The first-order valence-electron chi connectivity index (χ1n) is 7.16. The number of hydrogen-bond donors (Lipinski definition) is 2. The zero-order chi connectivity index (χ0) is 14.7. The summed E-state index contributed by atoms with van der Waals surface area (Å²) >= 11 is 0. The van der Waals surface area contributed by atoms with E-state index in [9.17, 15) is 0 Å². The fraction of sp³-hybridized carbons (Fsp3) is 0.333. The van der Waals surface area contributed by atoms with Crippen LogP contribution in [0.5, 0.6) is 0 Å². The summed E-state index contributed by atoms with van der Waals surface area (Å²) in [6.07, 6.45) is 0. The Morgan fingerprint density at radius 2 is 1.50 bits per heavy atom. The van der Waals surface area contributed by atoms with Gasteiger partial charge in [-0.25, -0.2) is 5.43 Å². The molecule has 0 saturated carbocycles. The van der Waals surface area contributed by atoms with Crippen LogP contribution in [0.4, 0.5) is 0 Å². The summed E-state index contributed by atoms with van der Waals surface area (Å²) in [5, 5.41) is 0. The lowest BCUT2D eigenvalue weighted by Crippen LogP contribution is -2.29. The fourth-order valence-corrected chi connectivity index (χ4v) is 2.51. The molecule has 2 aromatic rings. The first-order chi connectivity index (χ1) is 9.52. The van der Waals surface area contributed by atoms with Crippen LogP contribution >= 0.6 is 0 Å². The Morgan fingerprint density at radius 3 is 2.05 bits per heavy atom. The minimum atomic E-state index is 0.0381. The number of nitrogens with two attached hydrogens (primary N) is 1. The average molecular weight is 268 g/mol. The van der Waals surface area contributed by atoms with E-state index < -0.39 is 0 Å². The monoisotopic (exact) mass is 268 g/mol. The van der Waals surface area contributed by atoms with Crippen molar-refractivity contribution in [2.24, 2.45) is 5.84 Å². The number of aryl methyl sites for hydroxylation is 2. The lowest BCUT2D eigenvalue weighted by molar-refractivity contribution is 0.633. The van der Waals surface area contributed by atoms with Gasteiger partial charge in [0.05, 0.1) is 6.04 Å². The molecular weight excluding hydrogens is 244 g/mol. The van der Waals surface area contributed by atoms with Gasteiger partial charge in [-0.15, -0.1) is 0 Å². The molecule has 0 aliphatic rings.